The summed E-state index contributed by atoms with van der Waals surface area (Å²) >= 11 is 0. The van der Waals surface area contributed by atoms with E-state index in [2.05, 4.69) is 156 Å². The van der Waals surface area contributed by atoms with Crippen molar-refractivity contribution < 1.29 is 0 Å². The molecule has 0 atom stereocenters. The van der Waals surface area contributed by atoms with Crippen molar-refractivity contribution >= 4 is 64.9 Å². The third-order valence-electron chi connectivity index (χ3n) is 8.71. The van der Waals surface area contributed by atoms with Gasteiger partial charge in [0.1, 0.15) is 0 Å². The lowest BCUT2D eigenvalue weighted by Gasteiger charge is -2.14. The summed E-state index contributed by atoms with van der Waals surface area (Å²) in [5.74, 6) is 0. The van der Waals surface area contributed by atoms with Crippen LogP contribution in [0.2, 0.25) is 0 Å². The minimum absolute atomic E-state index is 1.18. The SMILES string of the molecule is c1ccc(-c2ccc3cc(-n4c5ccccc5c5c6ccc7ccccc7c6c6ccccc6c54)ccc3c2)cc1. The van der Waals surface area contributed by atoms with Crippen LogP contribution in [0.1, 0.15) is 0 Å². The van der Waals surface area contributed by atoms with E-state index in [4.69, 9.17) is 0 Å². The molecular weight excluding hydrogens is 494 g/mol. The second kappa shape index (κ2) is 8.55. The van der Waals surface area contributed by atoms with Crippen molar-refractivity contribution in [2.75, 3.05) is 0 Å². The number of rotatable bonds is 2. The summed E-state index contributed by atoms with van der Waals surface area (Å²) in [7, 11) is 0. The Balaban J connectivity index is 1.40. The quantitative estimate of drug-likeness (QED) is 0.200. The average Bonchev–Trinajstić information content (AvgIpc) is 3.40. The predicted octanol–water partition coefficient (Wildman–Crippen LogP) is 11.1. The molecule has 9 aromatic rings. The summed E-state index contributed by atoms with van der Waals surface area (Å²) < 4.78 is 2.48. The molecule has 1 nitrogen and oxygen atoms in total. The molecule has 41 heavy (non-hydrogen) atoms. The lowest BCUT2D eigenvalue weighted by Crippen LogP contribution is -1.95. The second-order valence-electron chi connectivity index (χ2n) is 10.9. The number of para-hydroxylation sites is 1. The van der Waals surface area contributed by atoms with Crippen LogP contribution in [-0.2, 0) is 0 Å². The first-order valence-electron chi connectivity index (χ1n) is 14.2. The highest BCUT2D eigenvalue weighted by Gasteiger charge is 2.19. The summed E-state index contributed by atoms with van der Waals surface area (Å²) in [4.78, 5) is 0. The van der Waals surface area contributed by atoms with Gasteiger partial charge in [0.05, 0.1) is 11.0 Å². The summed E-state index contributed by atoms with van der Waals surface area (Å²) in [5, 5.41) is 12.9. The molecule has 8 aromatic carbocycles. The molecule has 1 heterocycles. The van der Waals surface area contributed by atoms with Crippen molar-refractivity contribution in [2.45, 2.75) is 0 Å². The first-order chi connectivity index (χ1) is 20.3. The summed E-state index contributed by atoms with van der Waals surface area (Å²) in [6.07, 6.45) is 0. The van der Waals surface area contributed by atoms with Crippen LogP contribution in [-0.4, -0.2) is 4.57 Å². The highest BCUT2D eigenvalue weighted by molar-refractivity contribution is 6.36. The number of aromatic nitrogens is 1. The van der Waals surface area contributed by atoms with E-state index in [0.717, 1.165) is 0 Å². The van der Waals surface area contributed by atoms with Gasteiger partial charge in [0.15, 0.2) is 0 Å². The maximum absolute atomic E-state index is 2.48. The first kappa shape index (κ1) is 22.4. The summed E-state index contributed by atoms with van der Waals surface area (Å²) in [6.45, 7) is 0. The highest BCUT2D eigenvalue weighted by atomic mass is 15.0. The van der Waals surface area contributed by atoms with E-state index in [0.29, 0.717) is 0 Å². The topological polar surface area (TPSA) is 4.93 Å². The third kappa shape index (κ3) is 3.24. The fraction of sp³-hybridized carbons (Fsp3) is 0. The van der Waals surface area contributed by atoms with Gasteiger partial charge in [-0.25, -0.2) is 0 Å². The van der Waals surface area contributed by atoms with Gasteiger partial charge in [0.25, 0.3) is 0 Å². The Labute approximate surface area is 237 Å². The lowest BCUT2D eigenvalue weighted by molar-refractivity contribution is 1.19. The molecule has 0 unspecified atom stereocenters. The third-order valence-corrected chi connectivity index (χ3v) is 8.71. The zero-order chi connectivity index (χ0) is 26.9. The number of hydrogen-bond donors (Lipinski definition) is 0. The smallest absolute Gasteiger partial charge is 0.0625 e. The zero-order valence-electron chi connectivity index (χ0n) is 22.4. The van der Waals surface area contributed by atoms with E-state index in [1.54, 1.807) is 0 Å². The van der Waals surface area contributed by atoms with Gasteiger partial charge in [0.2, 0.25) is 0 Å². The number of fused-ring (bicyclic) bond motifs is 11. The molecule has 0 aliphatic carbocycles. The zero-order valence-corrected chi connectivity index (χ0v) is 22.4. The largest absolute Gasteiger partial charge is 0.309 e. The van der Waals surface area contributed by atoms with E-state index in [9.17, 15) is 0 Å². The van der Waals surface area contributed by atoms with Crippen molar-refractivity contribution in [3.63, 3.8) is 0 Å². The molecular formula is C40H25N. The molecule has 0 bridgehead atoms. The Kier molecular flexibility index (Phi) is 4.67. The standard InChI is InChI=1S/C40H25N/c1-2-10-26(11-3-1)28-18-19-30-25-31(22-20-29(30)24-28)41-37-17-9-8-16-35(37)39-36-23-21-27-12-4-5-13-32(27)38(36)33-14-6-7-15-34(33)40(39)41/h1-25H. The summed E-state index contributed by atoms with van der Waals surface area (Å²) in [6, 6.07) is 55.5. The fourth-order valence-electron chi connectivity index (χ4n) is 6.90. The maximum atomic E-state index is 2.48. The Hall–Kier alpha value is -5.40. The molecule has 1 aromatic heterocycles. The molecule has 0 radical (unpaired) electrons. The van der Waals surface area contributed by atoms with E-state index >= 15 is 0 Å². The van der Waals surface area contributed by atoms with Crippen LogP contribution < -0.4 is 0 Å². The van der Waals surface area contributed by atoms with Crippen molar-refractivity contribution in [2.24, 2.45) is 0 Å². The van der Waals surface area contributed by atoms with Crippen LogP contribution in [0, 0.1) is 0 Å². The van der Waals surface area contributed by atoms with Crippen LogP contribution >= 0.6 is 0 Å². The van der Waals surface area contributed by atoms with E-state index in [1.807, 2.05) is 0 Å². The van der Waals surface area contributed by atoms with Gasteiger partial charge < -0.3 is 4.57 Å². The Morgan fingerprint density at radius 2 is 1.00 bits per heavy atom. The second-order valence-corrected chi connectivity index (χ2v) is 10.9. The first-order valence-corrected chi connectivity index (χ1v) is 14.2. The molecule has 0 saturated carbocycles. The minimum atomic E-state index is 1.18. The molecule has 0 N–H and O–H groups in total. The normalized spacial score (nSPS) is 11.9. The van der Waals surface area contributed by atoms with Gasteiger partial charge in [-0.2, -0.15) is 0 Å². The average molecular weight is 520 g/mol. The molecule has 0 amide bonds. The van der Waals surface area contributed by atoms with Crippen LogP contribution in [0.5, 0.6) is 0 Å². The van der Waals surface area contributed by atoms with Gasteiger partial charge in [-0.1, -0.05) is 127 Å². The molecule has 0 aliphatic heterocycles. The predicted molar refractivity (Wildman–Crippen MR) is 176 cm³/mol. The van der Waals surface area contributed by atoms with Crippen molar-refractivity contribution in [1.82, 2.24) is 4.57 Å². The van der Waals surface area contributed by atoms with Crippen LogP contribution in [0.3, 0.4) is 0 Å². The van der Waals surface area contributed by atoms with Crippen LogP contribution in [0.25, 0.3) is 81.7 Å². The maximum Gasteiger partial charge on any atom is 0.0625 e. The van der Waals surface area contributed by atoms with E-state index in [1.165, 1.54) is 81.7 Å². The number of nitrogens with zero attached hydrogens (tertiary/aromatic N) is 1. The molecule has 0 saturated heterocycles. The van der Waals surface area contributed by atoms with Crippen molar-refractivity contribution in [3.05, 3.63) is 152 Å². The molecule has 9 rings (SSSR count). The van der Waals surface area contributed by atoms with Gasteiger partial charge >= 0.3 is 0 Å². The number of benzene rings is 8. The van der Waals surface area contributed by atoms with Crippen LogP contribution in [0.15, 0.2) is 152 Å². The van der Waals surface area contributed by atoms with E-state index < -0.39 is 0 Å². The van der Waals surface area contributed by atoms with Gasteiger partial charge in [0, 0.05) is 21.8 Å². The van der Waals surface area contributed by atoms with Crippen molar-refractivity contribution in [1.29, 1.82) is 0 Å². The minimum Gasteiger partial charge on any atom is -0.309 e. The monoisotopic (exact) mass is 519 g/mol. The Bertz CT molecular complexity index is 2460. The van der Waals surface area contributed by atoms with Gasteiger partial charge in [-0.3, -0.25) is 0 Å². The van der Waals surface area contributed by atoms with Gasteiger partial charge in [-0.05, 0) is 73.1 Å². The molecule has 0 fully saturated rings. The van der Waals surface area contributed by atoms with Crippen LogP contribution in [0.4, 0.5) is 0 Å². The van der Waals surface area contributed by atoms with Crippen molar-refractivity contribution in [3.8, 4) is 16.8 Å². The van der Waals surface area contributed by atoms with E-state index in [-0.39, 0.29) is 0 Å². The van der Waals surface area contributed by atoms with Gasteiger partial charge in [-0.15, -0.1) is 0 Å². The fourth-order valence-corrected chi connectivity index (χ4v) is 6.90. The number of hydrogen-bond acceptors (Lipinski definition) is 0. The summed E-state index contributed by atoms with van der Waals surface area (Å²) in [5.41, 5.74) is 6.17. The molecule has 0 spiro atoms. The highest BCUT2D eigenvalue weighted by Crippen LogP contribution is 2.44. The Morgan fingerprint density at radius 3 is 1.88 bits per heavy atom. The molecule has 1 heteroatoms. The molecule has 0 aliphatic rings. The Morgan fingerprint density at radius 1 is 0.341 bits per heavy atom. The lowest BCUT2D eigenvalue weighted by atomic mass is 9.93. The molecule has 190 valence electrons.